The van der Waals surface area contributed by atoms with Crippen molar-refractivity contribution in [3.8, 4) is 0 Å². The van der Waals surface area contributed by atoms with Crippen molar-refractivity contribution >= 4 is 5.91 Å². The molecule has 1 aromatic rings. The van der Waals surface area contributed by atoms with E-state index in [0.717, 1.165) is 25.7 Å². The summed E-state index contributed by atoms with van der Waals surface area (Å²) >= 11 is 0. The van der Waals surface area contributed by atoms with Gasteiger partial charge in [0.2, 0.25) is 5.91 Å². The largest absolute Gasteiger partial charge is 0.350 e. The number of nitrogens with one attached hydrogen (secondary N) is 1. The second-order valence-corrected chi connectivity index (χ2v) is 4.21. The van der Waals surface area contributed by atoms with Crippen LogP contribution in [0.5, 0.6) is 0 Å². The fourth-order valence-electron chi connectivity index (χ4n) is 1.56. The second-order valence-electron chi connectivity index (χ2n) is 4.21. The van der Waals surface area contributed by atoms with Crippen LogP contribution in [-0.4, -0.2) is 11.9 Å². The van der Waals surface area contributed by atoms with E-state index in [-0.39, 0.29) is 5.91 Å². The Morgan fingerprint density at radius 1 is 1.31 bits per heavy atom. The molecule has 2 rings (SSSR count). The van der Waals surface area contributed by atoms with Crippen LogP contribution in [-0.2, 0) is 11.2 Å². The van der Waals surface area contributed by atoms with Gasteiger partial charge in [0.25, 0.3) is 0 Å². The Balaban J connectivity index is 1.66. The Labute approximate surface area is 96.4 Å². The molecule has 0 unspecified atom stereocenters. The van der Waals surface area contributed by atoms with Gasteiger partial charge >= 0.3 is 0 Å². The molecule has 84 valence electrons. The van der Waals surface area contributed by atoms with Gasteiger partial charge in [-0.15, -0.1) is 0 Å². The highest BCUT2D eigenvalue weighted by Crippen LogP contribution is 2.18. The molecule has 0 bridgehead atoms. The molecule has 1 amide bonds. The monoisotopic (exact) mass is 215 g/mol. The molecule has 1 aliphatic carbocycles. The summed E-state index contributed by atoms with van der Waals surface area (Å²) in [4.78, 5) is 11.3. The first-order valence-corrected chi connectivity index (χ1v) is 5.85. The maximum Gasteiger partial charge on any atom is 0.243 e. The average Bonchev–Trinajstić information content (AvgIpc) is 3.10. The number of aryl methyl sites for hydroxylation is 1. The van der Waals surface area contributed by atoms with Crippen LogP contribution >= 0.6 is 0 Å². The van der Waals surface area contributed by atoms with Gasteiger partial charge in [0, 0.05) is 6.04 Å². The molecule has 0 aliphatic heterocycles. The lowest BCUT2D eigenvalue weighted by molar-refractivity contribution is -0.116. The first-order chi connectivity index (χ1) is 7.84. The predicted molar refractivity (Wildman–Crippen MR) is 65.1 cm³/mol. The Morgan fingerprint density at radius 3 is 2.75 bits per heavy atom. The molecule has 0 atom stereocenters. The van der Waals surface area contributed by atoms with Crippen LogP contribution in [0.1, 0.15) is 24.8 Å². The molecule has 1 saturated carbocycles. The van der Waals surface area contributed by atoms with E-state index in [1.54, 1.807) is 6.08 Å². The minimum atomic E-state index is 0.0514. The van der Waals surface area contributed by atoms with E-state index in [4.69, 9.17) is 0 Å². The van der Waals surface area contributed by atoms with Gasteiger partial charge in [0.05, 0.1) is 0 Å². The van der Waals surface area contributed by atoms with E-state index in [1.165, 1.54) is 5.56 Å². The highest BCUT2D eigenvalue weighted by Gasteiger charge is 2.21. The molecule has 0 saturated heterocycles. The number of allylic oxidation sites excluding steroid dienone is 1. The van der Waals surface area contributed by atoms with Crippen molar-refractivity contribution in [2.45, 2.75) is 31.7 Å². The maximum atomic E-state index is 11.3. The van der Waals surface area contributed by atoms with Crippen molar-refractivity contribution in [1.82, 2.24) is 5.32 Å². The third-order valence-corrected chi connectivity index (χ3v) is 2.64. The second kappa shape index (κ2) is 5.50. The van der Waals surface area contributed by atoms with E-state index in [2.05, 4.69) is 17.4 Å². The predicted octanol–water partition coefficient (Wildman–Crippen LogP) is 2.45. The first kappa shape index (κ1) is 10.9. The quantitative estimate of drug-likeness (QED) is 0.751. The van der Waals surface area contributed by atoms with Crippen LogP contribution in [0, 0.1) is 0 Å². The van der Waals surface area contributed by atoms with Crippen molar-refractivity contribution in [2.75, 3.05) is 0 Å². The lowest BCUT2D eigenvalue weighted by Gasteiger charge is -1.98. The summed E-state index contributed by atoms with van der Waals surface area (Å²) in [7, 11) is 0. The third kappa shape index (κ3) is 3.89. The first-order valence-electron chi connectivity index (χ1n) is 5.85. The summed E-state index contributed by atoms with van der Waals surface area (Å²) in [6.45, 7) is 0. The topological polar surface area (TPSA) is 29.1 Å². The minimum absolute atomic E-state index is 0.0514. The Morgan fingerprint density at radius 2 is 2.06 bits per heavy atom. The molecule has 0 radical (unpaired) electrons. The molecular formula is C14H17NO. The minimum Gasteiger partial charge on any atom is -0.350 e. The maximum absolute atomic E-state index is 11.3. The van der Waals surface area contributed by atoms with Crippen molar-refractivity contribution in [2.24, 2.45) is 0 Å². The zero-order chi connectivity index (χ0) is 11.2. The number of rotatable bonds is 5. The number of hydrogen-bond acceptors (Lipinski definition) is 1. The zero-order valence-electron chi connectivity index (χ0n) is 9.36. The summed E-state index contributed by atoms with van der Waals surface area (Å²) in [6.07, 6.45) is 7.80. The Bertz CT molecular complexity index is 366. The van der Waals surface area contributed by atoms with E-state index < -0.39 is 0 Å². The Hall–Kier alpha value is -1.57. The van der Waals surface area contributed by atoms with Crippen LogP contribution < -0.4 is 5.32 Å². The van der Waals surface area contributed by atoms with Gasteiger partial charge in [-0.2, -0.15) is 0 Å². The molecule has 1 aliphatic rings. The SMILES string of the molecule is O=C(C=CCCc1ccccc1)NC1CC1. The average molecular weight is 215 g/mol. The third-order valence-electron chi connectivity index (χ3n) is 2.64. The fraction of sp³-hybridized carbons (Fsp3) is 0.357. The smallest absolute Gasteiger partial charge is 0.243 e. The molecule has 2 nitrogen and oxygen atoms in total. The van der Waals surface area contributed by atoms with Crippen molar-refractivity contribution in [1.29, 1.82) is 0 Å². The molecule has 1 N–H and O–H groups in total. The molecule has 0 aromatic heterocycles. The molecule has 2 heteroatoms. The lowest BCUT2D eigenvalue weighted by atomic mass is 10.1. The summed E-state index contributed by atoms with van der Waals surface area (Å²) in [5.41, 5.74) is 1.31. The molecule has 0 spiro atoms. The van der Waals surface area contributed by atoms with Gasteiger partial charge in [-0.05, 0) is 37.3 Å². The zero-order valence-corrected chi connectivity index (χ0v) is 9.36. The number of amides is 1. The van der Waals surface area contributed by atoms with Crippen LogP contribution in [0.4, 0.5) is 0 Å². The van der Waals surface area contributed by atoms with Gasteiger partial charge in [-0.25, -0.2) is 0 Å². The molecule has 1 aromatic carbocycles. The highest BCUT2D eigenvalue weighted by molar-refractivity contribution is 5.87. The van der Waals surface area contributed by atoms with Crippen LogP contribution in [0.2, 0.25) is 0 Å². The van der Waals surface area contributed by atoms with Crippen molar-refractivity contribution < 1.29 is 4.79 Å². The normalized spacial score (nSPS) is 15.2. The summed E-state index contributed by atoms with van der Waals surface area (Å²) in [6, 6.07) is 10.8. The summed E-state index contributed by atoms with van der Waals surface area (Å²) in [5.74, 6) is 0.0514. The fourth-order valence-corrected chi connectivity index (χ4v) is 1.56. The van der Waals surface area contributed by atoms with Crippen LogP contribution in [0.25, 0.3) is 0 Å². The molecule has 1 fully saturated rings. The van der Waals surface area contributed by atoms with Gasteiger partial charge in [0.1, 0.15) is 0 Å². The molecule has 16 heavy (non-hydrogen) atoms. The molecule has 0 heterocycles. The number of hydrogen-bond donors (Lipinski definition) is 1. The Kier molecular flexibility index (Phi) is 3.76. The van der Waals surface area contributed by atoms with Crippen LogP contribution in [0.15, 0.2) is 42.5 Å². The number of benzene rings is 1. The van der Waals surface area contributed by atoms with E-state index in [9.17, 15) is 4.79 Å². The standard InChI is InChI=1S/C14H17NO/c16-14(15-13-10-11-13)9-5-4-8-12-6-2-1-3-7-12/h1-3,5-7,9,13H,4,8,10-11H2,(H,15,16). The summed E-state index contributed by atoms with van der Waals surface area (Å²) in [5, 5.41) is 2.93. The van der Waals surface area contributed by atoms with E-state index in [0.29, 0.717) is 6.04 Å². The molecular weight excluding hydrogens is 198 g/mol. The van der Waals surface area contributed by atoms with E-state index >= 15 is 0 Å². The number of carbonyl (C=O) groups excluding carboxylic acids is 1. The van der Waals surface area contributed by atoms with Crippen molar-refractivity contribution in [3.63, 3.8) is 0 Å². The van der Waals surface area contributed by atoms with Gasteiger partial charge in [-0.3, -0.25) is 4.79 Å². The van der Waals surface area contributed by atoms with Gasteiger partial charge < -0.3 is 5.32 Å². The van der Waals surface area contributed by atoms with E-state index in [1.807, 2.05) is 24.3 Å². The van der Waals surface area contributed by atoms with Crippen LogP contribution in [0.3, 0.4) is 0 Å². The van der Waals surface area contributed by atoms with Gasteiger partial charge in [-0.1, -0.05) is 36.4 Å². The van der Waals surface area contributed by atoms with Crippen molar-refractivity contribution in [3.05, 3.63) is 48.0 Å². The van der Waals surface area contributed by atoms with Gasteiger partial charge in [0.15, 0.2) is 0 Å². The number of carbonyl (C=O) groups is 1. The lowest BCUT2D eigenvalue weighted by Crippen LogP contribution is -2.22. The highest BCUT2D eigenvalue weighted by atomic mass is 16.1. The summed E-state index contributed by atoms with van der Waals surface area (Å²) < 4.78 is 0.